The Morgan fingerprint density at radius 1 is 1.25 bits per heavy atom. The molecule has 0 fully saturated rings. The average molecular weight is 228 g/mol. The summed E-state index contributed by atoms with van der Waals surface area (Å²) in [6.07, 6.45) is 5.90. The SMILES string of the molecule is CCC[N+]1=C[N+](CC(=O)O)(CC(=O)O)C=C1. The summed E-state index contributed by atoms with van der Waals surface area (Å²) in [6.45, 7) is 2.27. The lowest BCUT2D eigenvalue weighted by Gasteiger charge is -2.19. The Kier molecular flexibility index (Phi) is 3.78. The van der Waals surface area contributed by atoms with Gasteiger partial charge in [-0.2, -0.15) is 9.06 Å². The van der Waals surface area contributed by atoms with Gasteiger partial charge in [-0.25, -0.2) is 9.59 Å². The highest BCUT2D eigenvalue weighted by molar-refractivity contribution is 5.73. The van der Waals surface area contributed by atoms with Gasteiger partial charge in [-0.3, -0.25) is 0 Å². The first kappa shape index (κ1) is 12.4. The smallest absolute Gasteiger partial charge is 0.360 e. The van der Waals surface area contributed by atoms with E-state index in [0.29, 0.717) is 0 Å². The van der Waals surface area contributed by atoms with Gasteiger partial charge in [-0.05, 0) is 0 Å². The number of hydrogen-bond donors (Lipinski definition) is 2. The third-order valence-corrected chi connectivity index (χ3v) is 2.27. The van der Waals surface area contributed by atoms with Gasteiger partial charge in [0, 0.05) is 6.42 Å². The number of carboxylic acids is 2. The molecular formula is C10H16N2O4+2. The molecule has 0 unspecified atom stereocenters. The molecule has 0 amide bonds. The van der Waals surface area contributed by atoms with E-state index in [1.54, 1.807) is 18.7 Å². The van der Waals surface area contributed by atoms with Crippen molar-refractivity contribution in [2.75, 3.05) is 19.6 Å². The summed E-state index contributed by atoms with van der Waals surface area (Å²) in [7, 11) is 0. The third-order valence-electron chi connectivity index (χ3n) is 2.27. The topological polar surface area (TPSA) is 77.6 Å². The lowest BCUT2D eigenvalue weighted by molar-refractivity contribution is -0.774. The van der Waals surface area contributed by atoms with E-state index >= 15 is 0 Å². The summed E-state index contributed by atoms with van der Waals surface area (Å²) in [6, 6.07) is 0. The number of carboxylic acid groups (broad SMARTS) is 2. The van der Waals surface area contributed by atoms with E-state index in [0.717, 1.165) is 13.0 Å². The van der Waals surface area contributed by atoms with Crippen molar-refractivity contribution in [3.63, 3.8) is 0 Å². The van der Waals surface area contributed by atoms with Crippen molar-refractivity contribution in [2.24, 2.45) is 0 Å². The minimum atomic E-state index is -1.01. The Bertz CT molecular complexity index is 344. The Balaban J connectivity index is 2.86. The van der Waals surface area contributed by atoms with Crippen molar-refractivity contribution < 1.29 is 28.9 Å². The van der Waals surface area contributed by atoms with Crippen LogP contribution in [0.1, 0.15) is 13.3 Å². The summed E-state index contributed by atoms with van der Waals surface area (Å²) in [5.74, 6) is -2.03. The largest absolute Gasteiger partial charge is 0.477 e. The molecule has 0 saturated heterocycles. The monoisotopic (exact) mass is 228 g/mol. The van der Waals surface area contributed by atoms with Crippen LogP contribution in [0.2, 0.25) is 0 Å². The number of rotatable bonds is 6. The quantitative estimate of drug-likeness (QED) is 0.492. The highest BCUT2D eigenvalue weighted by Gasteiger charge is 2.38. The molecule has 0 aliphatic carbocycles. The molecule has 0 aromatic rings. The van der Waals surface area contributed by atoms with E-state index in [-0.39, 0.29) is 17.6 Å². The Morgan fingerprint density at radius 2 is 1.81 bits per heavy atom. The number of quaternary nitrogens is 1. The van der Waals surface area contributed by atoms with Crippen molar-refractivity contribution in [2.45, 2.75) is 13.3 Å². The Hall–Kier alpha value is -1.69. The van der Waals surface area contributed by atoms with E-state index in [2.05, 4.69) is 0 Å². The van der Waals surface area contributed by atoms with Gasteiger partial charge in [0.1, 0.15) is 0 Å². The Morgan fingerprint density at radius 3 is 2.25 bits per heavy atom. The number of nitrogens with zero attached hydrogens (tertiary/aromatic N) is 2. The highest BCUT2D eigenvalue weighted by atomic mass is 16.4. The molecule has 0 radical (unpaired) electrons. The fourth-order valence-corrected chi connectivity index (χ4v) is 1.73. The summed E-state index contributed by atoms with van der Waals surface area (Å²) < 4.78 is 1.66. The maximum absolute atomic E-state index is 10.7. The molecule has 1 aliphatic heterocycles. The maximum Gasteiger partial charge on any atom is 0.360 e. The van der Waals surface area contributed by atoms with Crippen LogP contribution >= 0.6 is 0 Å². The van der Waals surface area contributed by atoms with Gasteiger partial charge < -0.3 is 10.2 Å². The molecule has 6 heteroatoms. The predicted molar refractivity (Wildman–Crippen MR) is 55.9 cm³/mol. The Labute approximate surface area is 93.3 Å². The molecule has 0 spiro atoms. The van der Waals surface area contributed by atoms with Crippen LogP contribution in [-0.4, -0.2) is 57.2 Å². The van der Waals surface area contributed by atoms with E-state index in [4.69, 9.17) is 10.2 Å². The van der Waals surface area contributed by atoms with E-state index in [1.165, 1.54) is 0 Å². The van der Waals surface area contributed by atoms with E-state index in [9.17, 15) is 9.59 Å². The van der Waals surface area contributed by atoms with Crippen molar-refractivity contribution >= 4 is 18.3 Å². The normalized spacial score (nSPS) is 17.2. The van der Waals surface area contributed by atoms with Crippen LogP contribution in [0.25, 0.3) is 0 Å². The highest BCUT2D eigenvalue weighted by Crippen LogP contribution is 2.10. The van der Waals surface area contributed by atoms with E-state index < -0.39 is 11.9 Å². The number of aliphatic carboxylic acids is 2. The zero-order valence-corrected chi connectivity index (χ0v) is 9.17. The summed E-state index contributed by atoms with van der Waals surface area (Å²) in [5.41, 5.74) is 0. The average Bonchev–Trinajstić information content (AvgIpc) is 2.46. The van der Waals surface area contributed by atoms with Gasteiger partial charge in [0.15, 0.2) is 25.8 Å². The zero-order chi connectivity index (χ0) is 12.2. The van der Waals surface area contributed by atoms with Crippen LogP contribution in [0.5, 0.6) is 0 Å². The molecule has 0 aromatic heterocycles. The van der Waals surface area contributed by atoms with Gasteiger partial charge in [-0.1, -0.05) is 6.92 Å². The fraction of sp³-hybridized carbons (Fsp3) is 0.500. The van der Waals surface area contributed by atoms with Crippen molar-refractivity contribution in [1.82, 2.24) is 0 Å². The molecule has 0 atom stereocenters. The maximum atomic E-state index is 10.7. The molecule has 16 heavy (non-hydrogen) atoms. The molecular weight excluding hydrogens is 212 g/mol. The summed E-state index contributed by atoms with van der Waals surface area (Å²) in [5, 5.41) is 17.6. The lowest BCUT2D eigenvalue weighted by Crippen LogP contribution is -2.48. The first-order valence-corrected chi connectivity index (χ1v) is 5.08. The zero-order valence-electron chi connectivity index (χ0n) is 9.17. The molecule has 0 aromatic carbocycles. The van der Waals surface area contributed by atoms with Gasteiger partial charge >= 0.3 is 18.3 Å². The second kappa shape index (κ2) is 4.89. The van der Waals surface area contributed by atoms with Crippen LogP contribution in [0.4, 0.5) is 0 Å². The number of hydrogen-bond acceptors (Lipinski definition) is 2. The molecule has 2 N–H and O–H groups in total. The first-order chi connectivity index (χ1) is 7.47. The molecule has 1 aliphatic rings. The second-order valence-electron chi connectivity index (χ2n) is 3.86. The van der Waals surface area contributed by atoms with Crippen molar-refractivity contribution in [3.05, 3.63) is 12.4 Å². The lowest BCUT2D eigenvalue weighted by atomic mass is 10.4. The third kappa shape index (κ3) is 3.16. The first-order valence-electron chi connectivity index (χ1n) is 5.08. The van der Waals surface area contributed by atoms with Gasteiger partial charge in [0.05, 0.1) is 0 Å². The van der Waals surface area contributed by atoms with Gasteiger partial charge in [0.25, 0.3) is 0 Å². The minimum absolute atomic E-state index is 0.162. The molecule has 88 valence electrons. The van der Waals surface area contributed by atoms with Crippen LogP contribution in [0, 0.1) is 0 Å². The summed E-state index contributed by atoms with van der Waals surface area (Å²) >= 11 is 0. The fourth-order valence-electron chi connectivity index (χ4n) is 1.73. The minimum Gasteiger partial charge on any atom is -0.477 e. The van der Waals surface area contributed by atoms with Gasteiger partial charge in [0.2, 0.25) is 6.20 Å². The number of carbonyl (C=O) groups is 2. The van der Waals surface area contributed by atoms with Crippen LogP contribution in [0.3, 0.4) is 0 Å². The van der Waals surface area contributed by atoms with Crippen molar-refractivity contribution in [1.29, 1.82) is 0 Å². The van der Waals surface area contributed by atoms with Crippen LogP contribution < -0.4 is 0 Å². The van der Waals surface area contributed by atoms with Crippen LogP contribution in [-0.2, 0) is 9.59 Å². The summed E-state index contributed by atoms with van der Waals surface area (Å²) in [4.78, 5) is 21.5. The standard InChI is InChI=1S/C10H14N2O4/c1-2-3-11-4-5-12(8-11,6-9(13)14)7-10(15)16/h4-5,8H,2-3,6-7H2,1H3/p+2. The predicted octanol–water partition coefficient (Wildman–Crippen LogP) is -0.0920. The molecule has 0 saturated carbocycles. The van der Waals surface area contributed by atoms with Crippen molar-refractivity contribution in [3.8, 4) is 0 Å². The molecule has 6 nitrogen and oxygen atoms in total. The van der Waals surface area contributed by atoms with Gasteiger partial charge in [-0.15, -0.1) is 0 Å². The molecule has 1 rings (SSSR count). The van der Waals surface area contributed by atoms with Crippen LogP contribution in [0.15, 0.2) is 12.4 Å². The molecule has 0 bridgehead atoms. The van der Waals surface area contributed by atoms with E-state index in [1.807, 2.05) is 11.5 Å². The molecule has 1 heterocycles. The second-order valence-corrected chi connectivity index (χ2v) is 3.86.